The predicted octanol–water partition coefficient (Wildman–Crippen LogP) is 2.69. The lowest BCUT2D eigenvalue weighted by atomic mass is 10.1. The molecule has 1 aromatic heterocycles. The lowest BCUT2D eigenvalue weighted by molar-refractivity contribution is -0.114. The fourth-order valence-corrected chi connectivity index (χ4v) is 1.93. The van der Waals surface area contributed by atoms with Crippen molar-refractivity contribution < 1.29 is 19.1 Å². The molecule has 0 radical (unpaired) electrons. The minimum atomic E-state index is -1.15. The van der Waals surface area contributed by atoms with Crippen molar-refractivity contribution >= 4 is 29.6 Å². The Morgan fingerprint density at radius 3 is 2.64 bits per heavy atom. The zero-order chi connectivity index (χ0) is 16.3. The lowest BCUT2D eigenvalue weighted by Gasteiger charge is -2.02. The van der Waals surface area contributed by atoms with E-state index in [1.54, 1.807) is 18.2 Å². The van der Waals surface area contributed by atoms with Crippen LogP contribution in [0.5, 0.6) is 0 Å². The molecule has 7 heteroatoms. The normalized spacial score (nSPS) is 11.0. The molecule has 0 aliphatic carbocycles. The van der Waals surface area contributed by atoms with Crippen LogP contribution in [-0.2, 0) is 4.79 Å². The first-order chi connectivity index (χ1) is 10.4. The number of furan rings is 1. The lowest BCUT2D eigenvalue weighted by Crippen LogP contribution is -2.12. The number of rotatable bonds is 4. The van der Waals surface area contributed by atoms with Crippen LogP contribution in [0.15, 0.2) is 40.3 Å². The number of carbonyl (C=O) groups excluding carboxylic acids is 1. The average molecular weight is 317 g/mol. The van der Waals surface area contributed by atoms with E-state index in [1.807, 2.05) is 0 Å². The topological polar surface area (TPSA) is 117 Å². The van der Waals surface area contributed by atoms with Crippen LogP contribution in [0.3, 0.4) is 0 Å². The number of hydrogen-bond donors (Lipinski definition) is 2. The van der Waals surface area contributed by atoms with E-state index in [1.165, 1.54) is 24.3 Å². The van der Waals surface area contributed by atoms with Crippen molar-refractivity contribution in [2.45, 2.75) is 0 Å². The molecule has 0 saturated heterocycles. The number of amides is 1. The third kappa shape index (κ3) is 3.16. The number of primary amides is 1. The summed E-state index contributed by atoms with van der Waals surface area (Å²) in [5, 5.41) is 17.9. The van der Waals surface area contributed by atoms with Crippen molar-refractivity contribution in [1.82, 2.24) is 0 Å². The van der Waals surface area contributed by atoms with Gasteiger partial charge in [0, 0.05) is 11.6 Å². The summed E-state index contributed by atoms with van der Waals surface area (Å²) in [5.74, 6) is -1.40. The number of hydrogen-bond acceptors (Lipinski definition) is 4. The maximum absolute atomic E-state index is 11.1. The van der Waals surface area contributed by atoms with Crippen molar-refractivity contribution in [3.05, 3.63) is 52.3 Å². The van der Waals surface area contributed by atoms with Crippen LogP contribution >= 0.6 is 11.6 Å². The fraction of sp³-hybridized carbons (Fsp3) is 0. The molecule has 1 amide bonds. The van der Waals surface area contributed by atoms with Gasteiger partial charge in [0.1, 0.15) is 23.2 Å². The first kappa shape index (κ1) is 15.4. The van der Waals surface area contributed by atoms with Gasteiger partial charge in [-0.25, -0.2) is 4.79 Å². The van der Waals surface area contributed by atoms with Crippen molar-refractivity contribution in [2.75, 3.05) is 0 Å². The molecular weight excluding hydrogens is 308 g/mol. The van der Waals surface area contributed by atoms with E-state index in [0.29, 0.717) is 11.3 Å². The monoisotopic (exact) mass is 316 g/mol. The van der Waals surface area contributed by atoms with Crippen LogP contribution in [0.4, 0.5) is 0 Å². The number of benzene rings is 1. The minimum Gasteiger partial charge on any atom is -0.478 e. The van der Waals surface area contributed by atoms with Gasteiger partial charge in [-0.1, -0.05) is 11.6 Å². The van der Waals surface area contributed by atoms with E-state index in [4.69, 9.17) is 32.1 Å². The van der Waals surface area contributed by atoms with Gasteiger partial charge in [0.05, 0.1) is 10.6 Å². The van der Waals surface area contributed by atoms with Gasteiger partial charge in [-0.05, 0) is 30.3 Å². The van der Waals surface area contributed by atoms with Gasteiger partial charge >= 0.3 is 5.97 Å². The van der Waals surface area contributed by atoms with Gasteiger partial charge in [-0.15, -0.1) is 0 Å². The SMILES string of the molecule is N#C/C(=C\c1ccc(-c2ccc(Cl)c(C(=O)O)c2)o1)C(N)=O. The Balaban J connectivity index is 2.41. The summed E-state index contributed by atoms with van der Waals surface area (Å²) in [5.41, 5.74) is 5.23. The van der Waals surface area contributed by atoms with Gasteiger partial charge in [0.2, 0.25) is 0 Å². The Morgan fingerprint density at radius 1 is 1.32 bits per heavy atom. The first-order valence-corrected chi connectivity index (χ1v) is 6.35. The molecule has 0 saturated carbocycles. The Labute approximate surface area is 130 Å². The van der Waals surface area contributed by atoms with Crippen LogP contribution in [0.2, 0.25) is 5.02 Å². The summed E-state index contributed by atoms with van der Waals surface area (Å²) in [7, 11) is 0. The molecule has 0 aliphatic heterocycles. The van der Waals surface area contributed by atoms with Gasteiger partial charge in [-0.3, -0.25) is 4.79 Å². The summed E-state index contributed by atoms with van der Waals surface area (Å²) in [6.07, 6.45) is 1.21. The zero-order valence-corrected chi connectivity index (χ0v) is 11.8. The largest absolute Gasteiger partial charge is 0.478 e. The average Bonchev–Trinajstić information content (AvgIpc) is 2.93. The second kappa shape index (κ2) is 6.16. The van der Waals surface area contributed by atoms with Crippen molar-refractivity contribution in [2.24, 2.45) is 5.73 Å². The standard InChI is InChI=1S/C15H9ClN2O4/c16-12-3-1-8(6-11(12)15(20)21)13-4-2-10(22-13)5-9(7-17)14(18)19/h1-6H,(H2,18,19)(H,20,21)/b9-5+. The molecule has 0 bridgehead atoms. The van der Waals surface area contributed by atoms with Crippen LogP contribution in [0.1, 0.15) is 16.1 Å². The highest BCUT2D eigenvalue weighted by atomic mass is 35.5. The summed E-state index contributed by atoms with van der Waals surface area (Å²) < 4.78 is 5.46. The van der Waals surface area contributed by atoms with Crippen LogP contribution in [-0.4, -0.2) is 17.0 Å². The molecule has 0 atom stereocenters. The molecule has 1 heterocycles. The molecule has 3 N–H and O–H groups in total. The van der Waals surface area contributed by atoms with Gasteiger partial charge in [0.25, 0.3) is 5.91 Å². The summed E-state index contributed by atoms with van der Waals surface area (Å²) in [6.45, 7) is 0. The molecule has 0 spiro atoms. The fourth-order valence-electron chi connectivity index (χ4n) is 1.73. The molecular formula is C15H9ClN2O4. The van der Waals surface area contributed by atoms with Gasteiger partial charge < -0.3 is 15.3 Å². The number of carboxylic acids is 1. The highest BCUT2D eigenvalue weighted by Gasteiger charge is 2.12. The Bertz CT molecular complexity index is 830. The number of aromatic carboxylic acids is 1. The first-order valence-electron chi connectivity index (χ1n) is 5.97. The van der Waals surface area contributed by atoms with E-state index in [0.717, 1.165) is 0 Å². The molecule has 110 valence electrons. The summed E-state index contributed by atoms with van der Waals surface area (Å²) in [4.78, 5) is 22.0. The van der Waals surface area contributed by atoms with Crippen molar-refractivity contribution in [1.29, 1.82) is 5.26 Å². The van der Waals surface area contributed by atoms with E-state index < -0.39 is 11.9 Å². The third-order valence-corrected chi connectivity index (χ3v) is 3.11. The number of nitrogens with zero attached hydrogens (tertiary/aromatic N) is 1. The minimum absolute atomic E-state index is 0.0532. The van der Waals surface area contributed by atoms with Gasteiger partial charge in [-0.2, -0.15) is 5.26 Å². The third-order valence-electron chi connectivity index (χ3n) is 2.78. The number of nitrogens with two attached hydrogens (primary N) is 1. The summed E-state index contributed by atoms with van der Waals surface area (Å²) >= 11 is 5.80. The maximum Gasteiger partial charge on any atom is 0.337 e. The molecule has 0 unspecified atom stereocenters. The van der Waals surface area contributed by atoms with Crippen molar-refractivity contribution in [3.8, 4) is 17.4 Å². The van der Waals surface area contributed by atoms with E-state index >= 15 is 0 Å². The number of carboxylic acid groups (broad SMARTS) is 1. The molecule has 22 heavy (non-hydrogen) atoms. The predicted molar refractivity (Wildman–Crippen MR) is 78.9 cm³/mol. The number of halogens is 1. The maximum atomic E-state index is 11.1. The summed E-state index contributed by atoms with van der Waals surface area (Å²) in [6, 6.07) is 9.19. The van der Waals surface area contributed by atoms with E-state index in [-0.39, 0.29) is 21.9 Å². The molecule has 0 fully saturated rings. The molecule has 2 aromatic rings. The van der Waals surface area contributed by atoms with Gasteiger partial charge in [0.15, 0.2) is 0 Å². The Hall–Kier alpha value is -3.04. The van der Waals surface area contributed by atoms with Crippen molar-refractivity contribution in [3.63, 3.8) is 0 Å². The van der Waals surface area contributed by atoms with Crippen LogP contribution < -0.4 is 5.73 Å². The Kier molecular flexibility index (Phi) is 4.30. The second-order valence-electron chi connectivity index (χ2n) is 4.24. The van der Waals surface area contributed by atoms with E-state index in [9.17, 15) is 9.59 Å². The second-order valence-corrected chi connectivity index (χ2v) is 4.64. The quantitative estimate of drug-likeness (QED) is 0.664. The Morgan fingerprint density at radius 2 is 2.05 bits per heavy atom. The molecule has 2 rings (SSSR count). The number of nitriles is 1. The van der Waals surface area contributed by atoms with Crippen LogP contribution in [0.25, 0.3) is 17.4 Å². The highest BCUT2D eigenvalue weighted by Crippen LogP contribution is 2.27. The molecule has 0 aliphatic rings. The highest BCUT2D eigenvalue weighted by molar-refractivity contribution is 6.33. The van der Waals surface area contributed by atoms with E-state index in [2.05, 4.69) is 0 Å². The zero-order valence-electron chi connectivity index (χ0n) is 11.0. The molecule has 1 aromatic carbocycles. The molecule has 6 nitrogen and oxygen atoms in total. The number of carbonyl (C=O) groups is 2. The smallest absolute Gasteiger partial charge is 0.337 e. The van der Waals surface area contributed by atoms with Crippen LogP contribution in [0, 0.1) is 11.3 Å².